The van der Waals surface area contributed by atoms with Crippen molar-refractivity contribution in [2.24, 2.45) is 5.92 Å². The molecule has 0 radical (unpaired) electrons. The van der Waals surface area contributed by atoms with Gasteiger partial charge in [-0.15, -0.1) is 0 Å². The van der Waals surface area contributed by atoms with Crippen molar-refractivity contribution in [3.05, 3.63) is 42.2 Å². The molecule has 3 heterocycles. The molecule has 0 aromatic carbocycles. The Balaban J connectivity index is 1.46. The van der Waals surface area contributed by atoms with E-state index in [1.807, 2.05) is 23.1 Å². The Morgan fingerprint density at radius 3 is 3.08 bits per heavy atom. The molecule has 2 aromatic heterocycles. The number of carbonyl (C=O) groups excluding carboxylic acids is 1. The summed E-state index contributed by atoms with van der Waals surface area (Å²) < 4.78 is 10.9. The number of hydrogen-bond donors (Lipinski definition) is 1. The van der Waals surface area contributed by atoms with Crippen LogP contribution in [0.15, 0.2) is 35.1 Å². The molecule has 1 atom stereocenters. The fourth-order valence-electron chi connectivity index (χ4n) is 3.03. The molecule has 4 rings (SSSR count). The lowest BCUT2D eigenvalue weighted by Crippen LogP contribution is -2.44. The summed E-state index contributed by atoms with van der Waals surface area (Å²) in [6, 6.07) is 5.35. The number of rotatable bonds is 6. The minimum absolute atomic E-state index is 0.188. The van der Waals surface area contributed by atoms with Crippen LogP contribution in [0.3, 0.4) is 0 Å². The van der Waals surface area contributed by atoms with Crippen molar-refractivity contribution in [1.82, 2.24) is 14.9 Å². The summed E-state index contributed by atoms with van der Waals surface area (Å²) in [5.41, 5.74) is 0. The van der Waals surface area contributed by atoms with Crippen LogP contribution in [0.2, 0.25) is 0 Å². The van der Waals surface area contributed by atoms with Crippen molar-refractivity contribution >= 4 is 11.7 Å². The molecule has 1 N–H and O–H groups in total. The van der Waals surface area contributed by atoms with Gasteiger partial charge in [0.1, 0.15) is 17.6 Å². The van der Waals surface area contributed by atoms with Crippen LogP contribution in [0.25, 0.3) is 0 Å². The lowest BCUT2D eigenvalue weighted by atomic mass is 10.1. The van der Waals surface area contributed by atoms with Gasteiger partial charge in [-0.25, -0.2) is 9.97 Å². The van der Waals surface area contributed by atoms with Gasteiger partial charge in [-0.2, -0.15) is 0 Å². The normalized spacial score (nSPS) is 20.5. The third-order valence-corrected chi connectivity index (χ3v) is 4.61. The third-order valence-electron chi connectivity index (χ3n) is 4.61. The molecule has 0 unspecified atom stereocenters. The number of nitrogens with one attached hydrogen (secondary N) is 1. The van der Waals surface area contributed by atoms with Gasteiger partial charge in [0.2, 0.25) is 5.91 Å². The molecule has 1 aliphatic heterocycles. The average molecular weight is 342 g/mol. The fourth-order valence-corrected chi connectivity index (χ4v) is 3.03. The van der Waals surface area contributed by atoms with Gasteiger partial charge in [0.05, 0.1) is 26.0 Å². The van der Waals surface area contributed by atoms with Crippen LogP contribution in [0, 0.1) is 5.92 Å². The summed E-state index contributed by atoms with van der Waals surface area (Å²) in [5, 5.41) is 3.22. The minimum atomic E-state index is -0.217. The maximum absolute atomic E-state index is 12.6. The Kier molecular flexibility index (Phi) is 4.65. The van der Waals surface area contributed by atoms with E-state index in [1.54, 1.807) is 12.5 Å². The van der Waals surface area contributed by atoms with Gasteiger partial charge in [-0.05, 0) is 37.0 Å². The van der Waals surface area contributed by atoms with E-state index >= 15 is 0 Å². The summed E-state index contributed by atoms with van der Waals surface area (Å²) >= 11 is 0. The molecule has 2 fully saturated rings. The lowest BCUT2D eigenvalue weighted by Gasteiger charge is -2.34. The van der Waals surface area contributed by atoms with Crippen molar-refractivity contribution in [3.63, 3.8) is 0 Å². The van der Waals surface area contributed by atoms with Gasteiger partial charge in [0.15, 0.2) is 5.82 Å². The first-order chi connectivity index (χ1) is 12.3. The van der Waals surface area contributed by atoms with Gasteiger partial charge in [0, 0.05) is 19.2 Å². The van der Waals surface area contributed by atoms with Crippen LogP contribution in [0.4, 0.5) is 5.82 Å². The Hall–Kier alpha value is -2.41. The van der Waals surface area contributed by atoms with Gasteiger partial charge >= 0.3 is 0 Å². The number of nitrogens with zero attached hydrogens (tertiary/aromatic N) is 3. The zero-order chi connectivity index (χ0) is 17.1. The first-order valence-electron chi connectivity index (χ1n) is 8.76. The molecule has 7 nitrogen and oxygen atoms in total. The number of hydrogen-bond acceptors (Lipinski definition) is 6. The van der Waals surface area contributed by atoms with Crippen LogP contribution >= 0.6 is 0 Å². The molecule has 7 heteroatoms. The standard InChI is InChI=1S/C18H22N4O3/c23-17(10-13-3-4-13)22-7-9-24-12-15(22)18-19-6-5-16(21-18)20-11-14-2-1-8-25-14/h1-2,5-6,8,13,15H,3-4,7,9-12H2,(H,19,20,21)/t15-/m0/s1. The van der Waals surface area contributed by atoms with E-state index in [9.17, 15) is 4.79 Å². The second-order valence-corrected chi connectivity index (χ2v) is 6.56. The molecular weight excluding hydrogens is 320 g/mol. The molecule has 2 aromatic rings. The SMILES string of the molecule is O=C(CC1CC1)N1CCOC[C@H]1c1nccc(NCc2ccco2)n1. The van der Waals surface area contributed by atoms with E-state index in [0.717, 1.165) is 5.76 Å². The van der Waals surface area contributed by atoms with E-state index in [0.29, 0.717) is 50.3 Å². The van der Waals surface area contributed by atoms with Crippen molar-refractivity contribution in [3.8, 4) is 0 Å². The highest BCUT2D eigenvalue weighted by atomic mass is 16.5. The Morgan fingerprint density at radius 1 is 1.36 bits per heavy atom. The van der Waals surface area contributed by atoms with Crippen molar-refractivity contribution in [2.75, 3.05) is 25.1 Å². The third kappa shape index (κ3) is 3.99. The summed E-state index contributed by atoms with van der Waals surface area (Å²) in [6.07, 6.45) is 6.33. The molecule has 1 aliphatic carbocycles. The van der Waals surface area contributed by atoms with E-state index in [2.05, 4.69) is 15.3 Å². The van der Waals surface area contributed by atoms with Crippen LogP contribution in [-0.4, -0.2) is 40.5 Å². The van der Waals surface area contributed by atoms with Gasteiger partial charge in [-0.3, -0.25) is 4.79 Å². The van der Waals surface area contributed by atoms with E-state index < -0.39 is 0 Å². The first kappa shape index (κ1) is 16.1. The lowest BCUT2D eigenvalue weighted by molar-refractivity contribution is -0.140. The number of morpholine rings is 1. The highest BCUT2D eigenvalue weighted by molar-refractivity contribution is 5.77. The topological polar surface area (TPSA) is 80.5 Å². The molecule has 25 heavy (non-hydrogen) atoms. The number of anilines is 1. The summed E-state index contributed by atoms with van der Waals surface area (Å²) in [4.78, 5) is 23.4. The van der Waals surface area contributed by atoms with Crippen molar-refractivity contribution in [1.29, 1.82) is 0 Å². The molecule has 1 saturated carbocycles. The Morgan fingerprint density at radius 2 is 2.28 bits per heavy atom. The predicted octanol–water partition coefficient (Wildman–Crippen LogP) is 2.38. The Labute approximate surface area is 146 Å². The summed E-state index contributed by atoms with van der Waals surface area (Å²) in [7, 11) is 0. The fraction of sp³-hybridized carbons (Fsp3) is 0.500. The molecule has 1 saturated heterocycles. The molecule has 2 aliphatic rings. The molecule has 0 bridgehead atoms. The summed E-state index contributed by atoms with van der Waals surface area (Å²) in [5.74, 6) is 2.92. The smallest absolute Gasteiger partial charge is 0.223 e. The minimum Gasteiger partial charge on any atom is -0.467 e. The van der Waals surface area contributed by atoms with E-state index in [1.165, 1.54) is 12.8 Å². The molecule has 0 spiro atoms. The van der Waals surface area contributed by atoms with Crippen LogP contribution in [-0.2, 0) is 16.1 Å². The van der Waals surface area contributed by atoms with Gasteiger partial charge in [-0.1, -0.05) is 0 Å². The zero-order valence-corrected chi connectivity index (χ0v) is 14.1. The summed E-state index contributed by atoms with van der Waals surface area (Å²) in [6.45, 7) is 2.17. The largest absolute Gasteiger partial charge is 0.467 e. The number of furan rings is 1. The maximum atomic E-state index is 12.6. The van der Waals surface area contributed by atoms with Gasteiger partial charge in [0.25, 0.3) is 0 Å². The van der Waals surface area contributed by atoms with E-state index in [4.69, 9.17) is 9.15 Å². The predicted molar refractivity (Wildman–Crippen MR) is 90.7 cm³/mol. The highest BCUT2D eigenvalue weighted by Gasteiger charge is 2.34. The highest BCUT2D eigenvalue weighted by Crippen LogP contribution is 2.34. The second kappa shape index (κ2) is 7.23. The first-order valence-corrected chi connectivity index (χ1v) is 8.76. The maximum Gasteiger partial charge on any atom is 0.223 e. The van der Waals surface area contributed by atoms with E-state index in [-0.39, 0.29) is 11.9 Å². The zero-order valence-electron chi connectivity index (χ0n) is 14.1. The molecular formula is C18H22N4O3. The number of amides is 1. The number of carbonyl (C=O) groups is 1. The average Bonchev–Trinajstić information content (AvgIpc) is 3.31. The Bertz CT molecular complexity index is 715. The van der Waals surface area contributed by atoms with Gasteiger partial charge < -0.3 is 19.4 Å². The number of aromatic nitrogens is 2. The van der Waals surface area contributed by atoms with Crippen LogP contribution in [0.1, 0.15) is 36.9 Å². The quantitative estimate of drug-likeness (QED) is 0.868. The second-order valence-electron chi connectivity index (χ2n) is 6.56. The van der Waals surface area contributed by atoms with Crippen LogP contribution < -0.4 is 5.32 Å². The van der Waals surface area contributed by atoms with Crippen LogP contribution in [0.5, 0.6) is 0 Å². The molecule has 1 amide bonds. The van der Waals surface area contributed by atoms with Crippen molar-refractivity contribution in [2.45, 2.75) is 31.8 Å². The number of ether oxygens (including phenoxy) is 1. The molecule has 132 valence electrons. The van der Waals surface area contributed by atoms with Crippen molar-refractivity contribution < 1.29 is 13.9 Å². The monoisotopic (exact) mass is 342 g/mol.